The zero-order chi connectivity index (χ0) is 26.0. The van der Waals surface area contributed by atoms with Crippen LogP contribution in [0, 0.1) is 17.8 Å². The van der Waals surface area contributed by atoms with Gasteiger partial charge in [0.1, 0.15) is 6.04 Å². The van der Waals surface area contributed by atoms with Gasteiger partial charge in [-0.05, 0) is 94.1 Å². The summed E-state index contributed by atoms with van der Waals surface area (Å²) in [5, 5.41) is 9.65. The van der Waals surface area contributed by atoms with Gasteiger partial charge in [0.25, 0.3) is 5.56 Å². The summed E-state index contributed by atoms with van der Waals surface area (Å²) >= 11 is 0. The smallest absolute Gasteiger partial charge is 0.326 e. The fourth-order valence-corrected chi connectivity index (χ4v) is 9.31. The third kappa shape index (κ3) is 4.07. The number of aliphatic carboxylic acids is 1. The Kier molecular flexibility index (Phi) is 6.25. The third-order valence-corrected chi connectivity index (χ3v) is 10.9. The average Bonchev–Trinajstić information content (AvgIpc) is 2.87. The first-order chi connectivity index (χ1) is 18.5. The van der Waals surface area contributed by atoms with Crippen LogP contribution in [0.5, 0.6) is 0 Å². The van der Waals surface area contributed by atoms with Crippen molar-refractivity contribution in [1.29, 1.82) is 0 Å². The molecular weight excluding hydrogens is 476 g/mol. The maximum atomic E-state index is 14.0. The number of hydrogen-bond donors (Lipinski definition) is 1. The largest absolute Gasteiger partial charge is 0.480 e. The van der Waals surface area contributed by atoms with Crippen molar-refractivity contribution in [1.82, 2.24) is 14.5 Å². The molecule has 0 radical (unpaired) electrons. The summed E-state index contributed by atoms with van der Waals surface area (Å²) in [7, 11) is 0. The van der Waals surface area contributed by atoms with Gasteiger partial charge in [0, 0.05) is 30.7 Å². The molecule has 38 heavy (non-hydrogen) atoms. The zero-order valence-corrected chi connectivity index (χ0v) is 22.7. The first kappa shape index (κ1) is 24.6. The summed E-state index contributed by atoms with van der Waals surface area (Å²) in [5.41, 5.74) is 1.57. The second kappa shape index (κ2) is 9.65. The summed E-state index contributed by atoms with van der Waals surface area (Å²) < 4.78 is 2.01. The molecule has 5 fully saturated rings. The molecule has 3 unspecified atom stereocenters. The number of piperidine rings is 2. The maximum Gasteiger partial charge on any atom is 0.326 e. The van der Waals surface area contributed by atoms with Crippen molar-refractivity contribution in [3.05, 3.63) is 34.6 Å². The standard InChI is InChI=1S/C31H42N4O3/c1-2-19-12-20-14-21(13-19)16-24(15-20)34-22-6-5-7-23(34)18-25(17-22)35-27-9-4-3-8-26(27)32-29(30(35)36)33-11-10-28(33)31(37)38/h3-4,8-9,19-25,28H,2,5-7,10-18H2,1H3,(H,37,38)/t19?,20-,21+,22-,23+,24?,25?,28-/m0/s1. The van der Waals surface area contributed by atoms with Crippen LogP contribution < -0.4 is 10.5 Å². The van der Waals surface area contributed by atoms with Gasteiger partial charge < -0.3 is 14.6 Å². The number of fused-ring (bicyclic) bond motifs is 5. The molecule has 204 valence electrons. The lowest BCUT2D eigenvalue weighted by Gasteiger charge is -2.56. The number of carboxylic acids is 1. The van der Waals surface area contributed by atoms with Crippen molar-refractivity contribution in [3.8, 4) is 0 Å². The van der Waals surface area contributed by atoms with E-state index < -0.39 is 12.0 Å². The highest BCUT2D eigenvalue weighted by Crippen LogP contribution is 2.49. The van der Waals surface area contributed by atoms with Crippen LogP contribution in [0.1, 0.15) is 90.0 Å². The van der Waals surface area contributed by atoms with E-state index in [0.717, 1.165) is 41.6 Å². The minimum atomic E-state index is -0.873. The molecule has 7 heteroatoms. The van der Waals surface area contributed by atoms with E-state index in [0.29, 0.717) is 36.9 Å². The van der Waals surface area contributed by atoms with Crippen molar-refractivity contribution >= 4 is 22.8 Å². The van der Waals surface area contributed by atoms with Crippen LogP contribution in [-0.4, -0.2) is 56.2 Å². The molecule has 2 saturated carbocycles. The van der Waals surface area contributed by atoms with Crippen LogP contribution >= 0.6 is 0 Å². The van der Waals surface area contributed by atoms with Crippen molar-refractivity contribution in [3.63, 3.8) is 0 Å². The summed E-state index contributed by atoms with van der Waals surface area (Å²) in [5.74, 6) is 2.20. The predicted octanol–water partition coefficient (Wildman–Crippen LogP) is 5.22. The molecule has 7 nitrogen and oxygen atoms in total. The van der Waals surface area contributed by atoms with Gasteiger partial charge in [0.15, 0.2) is 5.82 Å². The van der Waals surface area contributed by atoms with Crippen molar-refractivity contribution in [2.45, 2.75) is 114 Å². The molecule has 4 bridgehead atoms. The summed E-state index contributed by atoms with van der Waals surface area (Å²) in [6, 6.07) is 9.21. The highest BCUT2D eigenvalue weighted by atomic mass is 16.4. The van der Waals surface area contributed by atoms with E-state index in [4.69, 9.17) is 4.98 Å². The van der Waals surface area contributed by atoms with Crippen LogP contribution in [0.2, 0.25) is 0 Å². The molecule has 0 spiro atoms. The van der Waals surface area contributed by atoms with Gasteiger partial charge in [-0.25, -0.2) is 9.78 Å². The summed E-state index contributed by atoms with van der Waals surface area (Å²) in [6.07, 6.45) is 14.7. The Bertz CT molecular complexity index is 1250. The third-order valence-electron chi connectivity index (χ3n) is 10.9. The Balaban J connectivity index is 1.20. The molecule has 0 amide bonds. The van der Waals surface area contributed by atoms with E-state index in [1.807, 2.05) is 28.8 Å². The number of benzene rings is 1. The first-order valence-electron chi connectivity index (χ1n) is 15.3. The molecule has 1 N–H and O–H groups in total. The number of aromatic nitrogens is 2. The number of para-hydroxylation sites is 2. The fourth-order valence-electron chi connectivity index (χ4n) is 9.31. The first-order valence-corrected chi connectivity index (χ1v) is 15.3. The van der Waals surface area contributed by atoms with E-state index in [2.05, 4.69) is 11.8 Å². The van der Waals surface area contributed by atoms with Crippen LogP contribution in [0.15, 0.2) is 29.1 Å². The van der Waals surface area contributed by atoms with E-state index >= 15 is 0 Å². The SMILES string of the molecule is CCC1C[C@@H]2CC(N3[C@@H]4CCC[C@H]3CC(n3c(=O)c(N5CC[C@H]5C(=O)O)nc5ccccc53)C4)C[C@H](C1)C2. The van der Waals surface area contributed by atoms with Crippen LogP contribution in [0.4, 0.5) is 5.82 Å². The van der Waals surface area contributed by atoms with Gasteiger partial charge >= 0.3 is 5.97 Å². The van der Waals surface area contributed by atoms with E-state index in [9.17, 15) is 14.7 Å². The number of nitrogens with zero attached hydrogens (tertiary/aromatic N) is 4. The number of carbonyl (C=O) groups is 1. The van der Waals surface area contributed by atoms with Gasteiger partial charge in [0.2, 0.25) is 0 Å². The Labute approximate surface area is 225 Å². The molecule has 3 saturated heterocycles. The number of anilines is 1. The number of carboxylic acid groups (broad SMARTS) is 1. The van der Waals surface area contributed by atoms with Crippen LogP contribution in [0.3, 0.4) is 0 Å². The number of rotatable bonds is 5. The van der Waals surface area contributed by atoms with Gasteiger partial charge in [-0.15, -0.1) is 0 Å². The molecule has 8 atom stereocenters. The molecule has 2 aliphatic carbocycles. The minimum absolute atomic E-state index is 0.107. The normalized spacial score (nSPS) is 37.1. The predicted molar refractivity (Wildman–Crippen MR) is 149 cm³/mol. The average molecular weight is 519 g/mol. The highest BCUT2D eigenvalue weighted by Gasteiger charge is 2.46. The summed E-state index contributed by atoms with van der Waals surface area (Å²) in [6.45, 7) is 2.95. The van der Waals surface area contributed by atoms with Crippen molar-refractivity contribution < 1.29 is 9.90 Å². The lowest BCUT2D eigenvalue weighted by Crippen LogP contribution is -2.59. The lowest BCUT2D eigenvalue weighted by molar-refractivity contribution is -0.140. The minimum Gasteiger partial charge on any atom is -0.480 e. The van der Waals surface area contributed by atoms with Crippen LogP contribution in [-0.2, 0) is 4.79 Å². The highest BCUT2D eigenvalue weighted by molar-refractivity contribution is 5.81. The van der Waals surface area contributed by atoms with Crippen molar-refractivity contribution in [2.75, 3.05) is 11.4 Å². The molecule has 1 aromatic carbocycles. The molecular formula is C31H42N4O3. The molecule has 3 aliphatic heterocycles. The van der Waals surface area contributed by atoms with Gasteiger partial charge in [0.05, 0.1) is 11.0 Å². The second-order valence-corrected chi connectivity index (χ2v) is 13.1. The van der Waals surface area contributed by atoms with Gasteiger partial charge in [-0.2, -0.15) is 0 Å². The Morgan fingerprint density at radius 1 is 0.921 bits per heavy atom. The zero-order valence-electron chi connectivity index (χ0n) is 22.7. The van der Waals surface area contributed by atoms with E-state index in [-0.39, 0.29) is 11.6 Å². The lowest BCUT2D eigenvalue weighted by atomic mass is 9.64. The molecule has 1 aromatic heterocycles. The molecule has 5 aliphatic rings. The van der Waals surface area contributed by atoms with Crippen LogP contribution in [0.25, 0.3) is 11.0 Å². The number of hydrogen-bond acceptors (Lipinski definition) is 5. The second-order valence-electron chi connectivity index (χ2n) is 13.1. The van der Waals surface area contributed by atoms with Gasteiger partial charge in [-0.1, -0.05) is 31.9 Å². The van der Waals surface area contributed by atoms with Crippen molar-refractivity contribution in [2.24, 2.45) is 17.8 Å². The molecule has 7 rings (SSSR count). The fraction of sp³-hybridized carbons (Fsp3) is 0.710. The molecule has 4 heterocycles. The maximum absolute atomic E-state index is 14.0. The Hall–Kier alpha value is -2.41. The monoisotopic (exact) mass is 518 g/mol. The van der Waals surface area contributed by atoms with E-state index in [1.54, 1.807) is 4.90 Å². The molecule has 2 aromatic rings. The quantitative estimate of drug-likeness (QED) is 0.585. The topological polar surface area (TPSA) is 78.7 Å². The summed E-state index contributed by atoms with van der Waals surface area (Å²) in [4.78, 5) is 35.2. The van der Waals surface area contributed by atoms with Gasteiger partial charge in [-0.3, -0.25) is 9.69 Å². The Morgan fingerprint density at radius 3 is 2.26 bits per heavy atom. The Morgan fingerprint density at radius 2 is 1.63 bits per heavy atom. The van der Waals surface area contributed by atoms with E-state index in [1.165, 1.54) is 57.8 Å².